The van der Waals surface area contributed by atoms with Crippen LogP contribution in [-0.4, -0.2) is 0 Å². The van der Waals surface area contributed by atoms with Gasteiger partial charge in [0.25, 0.3) is 0 Å². The minimum absolute atomic E-state index is 0.543. The topological polar surface area (TPSA) is 0 Å². The summed E-state index contributed by atoms with van der Waals surface area (Å²) in [7, 11) is 0. The number of hydrogen-bond acceptors (Lipinski definition) is 0. The predicted octanol–water partition coefficient (Wildman–Crippen LogP) is 6.31. The Morgan fingerprint density at radius 2 is 2.06 bits per heavy atom. The molecule has 1 unspecified atom stereocenters. The van der Waals surface area contributed by atoms with E-state index in [0.29, 0.717) is 11.3 Å². The fraction of sp³-hybridized carbons (Fsp3) is 0.667. The lowest BCUT2D eigenvalue weighted by atomic mass is 9.77. The molecule has 0 aromatic rings. The molecule has 0 heterocycles. The van der Waals surface area contributed by atoms with E-state index >= 15 is 0 Å². The number of rotatable bonds is 4. The first-order valence-electron chi connectivity index (χ1n) is 7.25. The van der Waals surface area contributed by atoms with Crippen LogP contribution in [0.15, 0.2) is 36.5 Å². The van der Waals surface area contributed by atoms with Crippen LogP contribution in [0.4, 0.5) is 0 Å². The van der Waals surface area contributed by atoms with Gasteiger partial charge < -0.3 is 0 Å². The van der Waals surface area contributed by atoms with E-state index in [4.69, 9.17) is 0 Å². The van der Waals surface area contributed by atoms with E-state index in [2.05, 4.69) is 53.0 Å². The molecule has 104 valence electrons. The third kappa shape index (κ3) is 8.33. The Bertz CT molecular complexity index is 291. The van der Waals surface area contributed by atoms with E-state index in [1.165, 1.54) is 31.3 Å². The second-order valence-corrected chi connectivity index (χ2v) is 6.46. The van der Waals surface area contributed by atoms with Gasteiger partial charge in [0.05, 0.1) is 0 Å². The van der Waals surface area contributed by atoms with Gasteiger partial charge in [-0.15, -0.1) is 13.2 Å². The maximum absolute atomic E-state index is 3.83. The van der Waals surface area contributed by atoms with Crippen molar-refractivity contribution in [2.24, 2.45) is 11.3 Å². The second kappa shape index (κ2) is 8.34. The van der Waals surface area contributed by atoms with E-state index in [9.17, 15) is 0 Å². The average Bonchev–Trinajstić information content (AvgIpc) is 2.32. The summed E-state index contributed by atoms with van der Waals surface area (Å²) in [4.78, 5) is 0. The molecule has 0 spiro atoms. The molecule has 0 amide bonds. The van der Waals surface area contributed by atoms with Crippen molar-refractivity contribution in [3.05, 3.63) is 36.5 Å². The lowest BCUT2D eigenvalue weighted by Gasteiger charge is -2.29. The summed E-state index contributed by atoms with van der Waals surface area (Å²) >= 11 is 0. The van der Waals surface area contributed by atoms with Crippen LogP contribution < -0.4 is 0 Å². The molecule has 0 nitrogen and oxygen atoms in total. The van der Waals surface area contributed by atoms with Gasteiger partial charge in [0.15, 0.2) is 0 Å². The standard InChI is InChI=1S/C13H22.C5H10/c1-5-11(2)10-12-6-8-13(3,4)9-7-12;1-4-5(2)3/h5-6,11H,1,7-10H2,2-4H3;2,4H2,1,3H3. The van der Waals surface area contributed by atoms with E-state index in [1.54, 1.807) is 5.57 Å². The third-order valence-corrected chi connectivity index (χ3v) is 3.66. The molecule has 0 bridgehead atoms. The van der Waals surface area contributed by atoms with Gasteiger partial charge >= 0.3 is 0 Å². The summed E-state index contributed by atoms with van der Waals surface area (Å²) < 4.78 is 0. The van der Waals surface area contributed by atoms with Crippen LogP contribution >= 0.6 is 0 Å². The molecule has 1 rings (SSSR count). The monoisotopic (exact) mass is 248 g/mol. The summed E-state index contributed by atoms with van der Waals surface area (Å²) in [5.41, 5.74) is 3.44. The maximum atomic E-state index is 3.83. The molecule has 18 heavy (non-hydrogen) atoms. The van der Waals surface area contributed by atoms with Crippen molar-refractivity contribution in [2.45, 2.75) is 66.7 Å². The Morgan fingerprint density at radius 3 is 2.39 bits per heavy atom. The Kier molecular flexibility index (Phi) is 7.98. The first-order chi connectivity index (χ1) is 8.30. The Balaban J connectivity index is 0.000000494. The predicted molar refractivity (Wildman–Crippen MR) is 84.8 cm³/mol. The summed E-state index contributed by atoms with van der Waals surface area (Å²) in [6.45, 7) is 18.6. The zero-order chi connectivity index (χ0) is 14.2. The van der Waals surface area contributed by atoms with Crippen LogP contribution in [0.25, 0.3) is 0 Å². The zero-order valence-corrected chi connectivity index (χ0v) is 13.2. The van der Waals surface area contributed by atoms with Crippen LogP contribution in [-0.2, 0) is 0 Å². The van der Waals surface area contributed by atoms with Gasteiger partial charge in [-0.25, -0.2) is 0 Å². The van der Waals surface area contributed by atoms with Gasteiger partial charge in [-0.1, -0.05) is 51.0 Å². The summed E-state index contributed by atoms with van der Waals surface area (Å²) in [6.07, 6.45) is 10.7. The average molecular weight is 248 g/mol. The van der Waals surface area contributed by atoms with Gasteiger partial charge in [0, 0.05) is 0 Å². The van der Waals surface area contributed by atoms with Crippen molar-refractivity contribution in [1.82, 2.24) is 0 Å². The number of hydrogen-bond donors (Lipinski definition) is 0. The van der Waals surface area contributed by atoms with Gasteiger partial charge in [-0.3, -0.25) is 0 Å². The zero-order valence-electron chi connectivity index (χ0n) is 13.2. The molecule has 0 aromatic heterocycles. The van der Waals surface area contributed by atoms with E-state index < -0.39 is 0 Å². The van der Waals surface area contributed by atoms with Crippen molar-refractivity contribution in [3.8, 4) is 0 Å². The van der Waals surface area contributed by atoms with E-state index in [1.807, 2.05) is 6.92 Å². The first-order valence-corrected chi connectivity index (χ1v) is 7.25. The SMILES string of the molecule is C=C(C)CC.C=CC(C)CC1=CCC(C)(C)CC1. The van der Waals surface area contributed by atoms with E-state index in [-0.39, 0.29) is 0 Å². The fourth-order valence-electron chi connectivity index (χ4n) is 1.81. The molecule has 0 aliphatic heterocycles. The largest absolute Gasteiger partial charge is 0.103 e. The Morgan fingerprint density at radius 1 is 1.50 bits per heavy atom. The molecule has 0 aromatic carbocycles. The van der Waals surface area contributed by atoms with Crippen LogP contribution in [0.3, 0.4) is 0 Å². The highest BCUT2D eigenvalue weighted by atomic mass is 14.3. The highest BCUT2D eigenvalue weighted by Crippen LogP contribution is 2.36. The van der Waals surface area contributed by atoms with Gasteiger partial charge in [-0.05, 0) is 50.4 Å². The molecular weight excluding hydrogens is 216 g/mol. The lowest BCUT2D eigenvalue weighted by molar-refractivity contribution is 0.320. The third-order valence-electron chi connectivity index (χ3n) is 3.66. The van der Waals surface area contributed by atoms with Crippen molar-refractivity contribution in [1.29, 1.82) is 0 Å². The molecule has 1 atom stereocenters. The number of allylic oxidation sites excluding steroid dienone is 4. The molecule has 0 radical (unpaired) electrons. The van der Waals surface area contributed by atoms with Crippen LogP contribution in [0.5, 0.6) is 0 Å². The molecule has 0 fully saturated rings. The summed E-state index contributed by atoms with van der Waals surface area (Å²) in [5, 5.41) is 0. The minimum atomic E-state index is 0.543. The van der Waals surface area contributed by atoms with Crippen molar-refractivity contribution in [2.75, 3.05) is 0 Å². The maximum Gasteiger partial charge on any atom is -0.0227 e. The molecule has 0 heteroatoms. The lowest BCUT2D eigenvalue weighted by Crippen LogP contribution is -2.15. The highest BCUT2D eigenvalue weighted by molar-refractivity contribution is 5.10. The molecule has 1 aliphatic carbocycles. The summed E-state index contributed by atoms with van der Waals surface area (Å²) in [5.74, 6) is 0.646. The first kappa shape index (κ1) is 17.2. The molecular formula is C18H32. The van der Waals surface area contributed by atoms with Gasteiger partial charge in [-0.2, -0.15) is 0 Å². The molecule has 0 N–H and O–H groups in total. The minimum Gasteiger partial charge on any atom is -0.103 e. The quantitative estimate of drug-likeness (QED) is 0.511. The molecule has 1 aliphatic rings. The normalized spacial score (nSPS) is 19.1. The van der Waals surface area contributed by atoms with E-state index in [0.717, 1.165) is 6.42 Å². The smallest absolute Gasteiger partial charge is 0.0227 e. The van der Waals surface area contributed by atoms with Gasteiger partial charge in [0.2, 0.25) is 0 Å². The summed E-state index contributed by atoms with van der Waals surface area (Å²) in [6, 6.07) is 0. The second-order valence-electron chi connectivity index (χ2n) is 6.46. The van der Waals surface area contributed by atoms with Crippen molar-refractivity contribution in [3.63, 3.8) is 0 Å². The van der Waals surface area contributed by atoms with Gasteiger partial charge in [0.1, 0.15) is 0 Å². The Hall–Kier alpha value is -0.780. The fourth-order valence-corrected chi connectivity index (χ4v) is 1.81. The van der Waals surface area contributed by atoms with Crippen LogP contribution in [0, 0.1) is 11.3 Å². The molecule has 0 saturated heterocycles. The van der Waals surface area contributed by atoms with Crippen LogP contribution in [0.1, 0.15) is 66.7 Å². The highest BCUT2D eigenvalue weighted by Gasteiger charge is 2.21. The van der Waals surface area contributed by atoms with Crippen LogP contribution in [0.2, 0.25) is 0 Å². The molecule has 0 saturated carbocycles. The van der Waals surface area contributed by atoms with Crippen molar-refractivity contribution < 1.29 is 0 Å². The Labute approximate surface area is 115 Å². The van der Waals surface area contributed by atoms with Crippen molar-refractivity contribution >= 4 is 0 Å².